The molecular weight excluding hydrogens is 296 g/mol. The van der Waals surface area contributed by atoms with Crippen LogP contribution in [0.25, 0.3) is 11.0 Å². The highest BCUT2D eigenvalue weighted by atomic mass is 16.2. The summed E-state index contributed by atoms with van der Waals surface area (Å²) < 4.78 is 1.57. The summed E-state index contributed by atoms with van der Waals surface area (Å²) in [6.45, 7) is -0.0301. The van der Waals surface area contributed by atoms with Crippen LogP contribution < -0.4 is 5.73 Å². The van der Waals surface area contributed by atoms with Crippen molar-refractivity contribution >= 4 is 28.7 Å². The molecule has 2 aromatic heterocycles. The summed E-state index contributed by atoms with van der Waals surface area (Å²) in [5.41, 5.74) is 7.26. The van der Waals surface area contributed by atoms with Gasteiger partial charge in [0.15, 0.2) is 11.5 Å². The van der Waals surface area contributed by atoms with Crippen LogP contribution in [0.1, 0.15) is 26.5 Å². The van der Waals surface area contributed by atoms with E-state index in [4.69, 9.17) is 5.73 Å². The molecule has 1 aromatic carbocycles. The molecule has 2 amide bonds. The van der Waals surface area contributed by atoms with Gasteiger partial charge in [-0.1, -0.05) is 12.1 Å². The molecule has 1 aliphatic rings. The van der Waals surface area contributed by atoms with E-state index in [0.717, 1.165) is 4.90 Å². The van der Waals surface area contributed by atoms with E-state index < -0.39 is 0 Å². The Morgan fingerprint density at radius 2 is 1.74 bits per heavy atom. The van der Waals surface area contributed by atoms with Crippen LogP contribution >= 0.6 is 0 Å². The van der Waals surface area contributed by atoms with E-state index in [9.17, 15) is 9.59 Å². The quantitative estimate of drug-likeness (QED) is 0.700. The highest BCUT2D eigenvalue weighted by Gasteiger charge is 2.35. The van der Waals surface area contributed by atoms with Crippen LogP contribution in [0.2, 0.25) is 0 Å². The van der Waals surface area contributed by atoms with E-state index in [0.29, 0.717) is 28.0 Å². The van der Waals surface area contributed by atoms with E-state index in [2.05, 4.69) is 15.1 Å². The molecule has 8 nitrogen and oxygen atoms in total. The maximum Gasteiger partial charge on any atom is 0.261 e. The second-order valence-corrected chi connectivity index (χ2v) is 5.27. The van der Waals surface area contributed by atoms with Crippen LogP contribution in [-0.4, -0.2) is 36.5 Å². The highest BCUT2D eigenvalue weighted by molar-refractivity contribution is 6.21. The lowest BCUT2D eigenvalue weighted by atomic mass is 10.1. The molecule has 4 rings (SSSR count). The van der Waals surface area contributed by atoms with Crippen molar-refractivity contribution < 1.29 is 9.59 Å². The van der Waals surface area contributed by atoms with Crippen LogP contribution in [0.3, 0.4) is 0 Å². The van der Waals surface area contributed by atoms with E-state index in [1.165, 1.54) is 0 Å². The fourth-order valence-electron chi connectivity index (χ4n) is 2.69. The van der Waals surface area contributed by atoms with E-state index >= 15 is 0 Å². The molecular formula is C15H12N6O2. The Morgan fingerprint density at radius 3 is 2.39 bits per heavy atom. The molecule has 0 radical (unpaired) electrons. The number of aromatic nitrogens is 4. The normalized spacial score (nSPS) is 13.9. The second-order valence-electron chi connectivity index (χ2n) is 5.27. The van der Waals surface area contributed by atoms with Crippen LogP contribution in [0.15, 0.2) is 30.5 Å². The number of carbonyl (C=O) groups is 2. The second kappa shape index (κ2) is 4.60. The summed E-state index contributed by atoms with van der Waals surface area (Å²) in [4.78, 5) is 34.4. The first kappa shape index (κ1) is 13.4. The van der Waals surface area contributed by atoms with Crippen molar-refractivity contribution in [3.8, 4) is 0 Å². The average molecular weight is 308 g/mol. The Balaban J connectivity index is 1.73. The third-order valence-corrected chi connectivity index (χ3v) is 3.85. The number of amides is 2. The number of hydrogen-bond acceptors (Lipinski definition) is 6. The van der Waals surface area contributed by atoms with Gasteiger partial charge in [-0.05, 0) is 12.1 Å². The van der Waals surface area contributed by atoms with Gasteiger partial charge in [0.25, 0.3) is 11.8 Å². The fraction of sp³-hybridized carbons (Fsp3) is 0.133. The molecule has 1 aliphatic heterocycles. The first-order valence-corrected chi connectivity index (χ1v) is 6.95. The molecule has 3 aromatic rings. The monoisotopic (exact) mass is 308 g/mol. The molecule has 0 atom stereocenters. The lowest BCUT2D eigenvalue weighted by molar-refractivity contribution is 0.0638. The number of aryl methyl sites for hydroxylation is 1. The van der Waals surface area contributed by atoms with Gasteiger partial charge in [0.2, 0.25) is 0 Å². The van der Waals surface area contributed by atoms with Gasteiger partial charge in [-0.15, -0.1) is 0 Å². The first-order chi connectivity index (χ1) is 11.1. The molecule has 0 aliphatic carbocycles. The summed E-state index contributed by atoms with van der Waals surface area (Å²) in [7, 11) is 1.74. The standard InChI is InChI=1S/C15H12N6O2/c1-20-13-10(6-17-20)12(16)18-11(19-13)7-21-14(22)8-4-2-3-5-9(8)15(21)23/h2-6H,7H2,1H3,(H2,16,18,19). The largest absolute Gasteiger partial charge is 0.383 e. The Morgan fingerprint density at radius 1 is 1.09 bits per heavy atom. The van der Waals surface area contributed by atoms with Gasteiger partial charge in [-0.3, -0.25) is 19.2 Å². The van der Waals surface area contributed by atoms with Crippen molar-refractivity contribution in [1.29, 1.82) is 0 Å². The average Bonchev–Trinajstić information content (AvgIpc) is 3.03. The van der Waals surface area contributed by atoms with E-state index in [-0.39, 0.29) is 24.2 Å². The molecule has 2 N–H and O–H groups in total. The number of nitrogens with zero attached hydrogens (tertiary/aromatic N) is 5. The number of nitrogen functional groups attached to an aromatic ring is 1. The Bertz CT molecular complexity index is 942. The first-order valence-electron chi connectivity index (χ1n) is 6.95. The zero-order valence-electron chi connectivity index (χ0n) is 12.2. The molecule has 0 saturated carbocycles. The van der Waals surface area contributed by atoms with Gasteiger partial charge in [0, 0.05) is 7.05 Å². The fourth-order valence-corrected chi connectivity index (χ4v) is 2.69. The van der Waals surface area contributed by atoms with Crippen LogP contribution in [0, 0.1) is 0 Å². The number of carbonyl (C=O) groups excluding carboxylic acids is 2. The number of fused-ring (bicyclic) bond motifs is 2. The Hall–Kier alpha value is -3.29. The number of nitrogens with two attached hydrogens (primary N) is 1. The number of rotatable bonds is 2. The SMILES string of the molecule is Cn1ncc2c(N)nc(CN3C(=O)c4ccccc4C3=O)nc21. The third-order valence-electron chi connectivity index (χ3n) is 3.85. The smallest absolute Gasteiger partial charge is 0.261 e. The maximum atomic E-state index is 12.4. The molecule has 8 heteroatoms. The van der Waals surface area contributed by atoms with Crippen molar-refractivity contribution in [2.45, 2.75) is 6.54 Å². The van der Waals surface area contributed by atoms with Gasteiger partial charge in [-0.2, -0.15) is 5.10 Å². The minimum atomic E-state index is -0.349. The summed E-state index contributed by atoms with van der Waals surface area (Å²) in [5, 5.41) is 4.72. The van der Waals surface area contributed by atoms with Crippen molar-refractivity contribution in [2.24, 2.45) is 7.05 Å². The summed E-state index contributed by atoms with van der Waals surface area (Å²) >= 11 is 0. The molecule has 3 heterocycles. The highest BCUT2D eigenvalue weighted by Crippen LogP contribution is 2.24. The lowest BCUT2D eigenvalue weighted by Crippen LogP contribution is -2.30. The van der Waals surface area contributed by atoms with E-state index in [1.807, 2.05) is 0 Å². The Labute approximate surface area is 130 Å². The minimum Gasteiger partial charge on any atom is -0.383 e. The number of anilines is 1. The van der Waals surface area contributed by atoms with Crippen LogP contribution in [-0.2, 0) is 13.6 Å². The van der Waals surface area contributed by atoms with Gasteiger partial charge < -0.3 is 5.73 Å². The summed E-state index contributed by atoms with van der Waals surface area (Å²) in [6, 6.07) is 6.72. The van der Waals surface area contributed by atoms with E-state index in [1.54, 1.807) is 42.2 Å². The van der Waals surface area contributed by atoms with Gasteiger partial charge in [-0.25, -0.2) is 9.97 Å². The lowest BCUT2D eigenvalue weighted by Gasteiger charge is -2.13. The molecule has 0 bridgehead atoms. The Kier molecular flexibility index (Phi) is 2.68. The summed E-state index contributed by atoms with van der Waals surface area (Å²) in [6.07, 6.45) is 1.58. The van der Waals surface area contributed by atoms with Crippen molar-refractivity contribution in [3.63, 3.8) is 0 Å². The predicted octanol–water partition coefficient (Wildman–Crippen LogP) is 0.742. The zero-order valence-corrected chi connectivity index (χ0v) is 12.2. The van der Waals surface area contributed by atoms with Gasteiger partial charge in [0.1, 0.15) is 5.82 Å². The van der Waals surface area contributed by atoms with Crippen LogP contribution in [0.5, 0.6) is 0 Å². The van der Waals surface area contributed by atoms with Gasteiger partial charge >= 0.3 is 0 Å². The molecule has 0 spiro atoms. The number of imide groups is 1. The predicted molar refractivity (Wildman–Crippen MR) is 81.4 cm³/mol. The molecule has 0 fully saturated rings. The molecule has 114 valence electrons. The summed E-state index contributed by atoms with van der Waals surface area (Å²) in [5.74, 6) is -0.126. The van der Waals surface area contributed by atoms with Gasteiger partial charge in [0.05, 0.1) is 29.3 Å². The molecule has 0 unspecified atom stereocenters. The third kappa shape index (κ3) is 1.88. The molecule has 0 saturated heterocycles. The number of hydrogen-bond donors (Lipinski definition) is 1. The van der Waals surface area contributed by atoms with Crippen molar-refractivity contribution in [2.75, 3.05) is 5.73 Å². The minimum absolute atomic E-state index is 0.0301. The molecule has 23 heavy (non-hydrogen) atoms. The van der Waals surface area contributed by atoms with Crippen molar-refractivity contribution in [3.05, 3.63) is 47.4 Å². The number of benzene rings is 1. The topological polar surface area (TPSA) is 107 Å². The zero-order chi connectivity index (χ0) is 16.1. The maximum absolute atomic E-state index is 12.4. The van der Waals surface area contributed by atoms with Crippen molar-refractivity contribution in [1.82, 2.24) is 24.6 Å². The van der Waals surface area contributed by atoms with Crippen LogP contribution in [0.4, 0.5) is 5.82 Å².